The molecule has 3 heterocycles. The number of hydrogen-bond acceptors (Lipinski definition) is 5. The van der Waals surface area contributed by atoms with Gasteiger partial charge in [-0.1, -0.05) is 13.0 Å². The van der Waals surface area contributed by atoms with Gasteiger partial charge in [0.1, 0.15) is 11.4 Å². The van der Waals surface area contributed by atoms with E-state index in [9.17, 15) is 12.8 Å². The monoisotopic (exact) mass is 437 g/mol. The number of piperidine rings is 1. The highest BCUT2D eigenvalue weighted by Gasteiger charge is 2.65. The van der Waals surface area contributed by atoms with Crippen LogP contribution in [0.2, 0.25) is 0 Å². The van der Waals surface area contributed by atoms with Crippen molar-refractivity contribution < 1.29 is 17.5 Å². The van der Waals surface area contributed by atoms with Crippen molar-refractivity contribution in [2.75, 3.05) is 45.6 Å². The van der Waals surface area contributed by atoms with Crippen LogP contribution in [0, 0.1) is 17.3 Å². The molecule has 6 nitrogen and oxygen atoms in total. The third-order valence-electron chi connectivity index (χ3n) is 6.83. The Balaban J connectivity index is 1.28. The molecule has 3 unspecified atom stereocenters. The summed E-state index contributed by atoms with van der Waals surface area (Å²) < 4.78 is 44.6. The Morgan fingerprint density at radius 3 is 2.63 bits per heavy atom. The van der Waals surface area contributed by atoms with E-state index in [0.717, 1.165) is 30.1 Å². The van der Waals surface area contributed by atoms with Gasteiger partial charge in [0.05, 0.1) is 24.8 Å². The number of rotatable bonds is 7. The maximum atomic E-state index is 13.9. The van der Waals surface area contributed by atoms with Gasteiger partial charge in [-0.05, 0) is 49.3 Å². The standard InChI is InChI=1S/C22H32FN3O3S/c1-21(2,23)14-25-12-18-19(22(18,3)15-25)13-29-17-5-6-20(24-11-17)16-7-9-26(10-8-16)30(4,27)28/h5-7,11,18-19H,8-10,12-15H2,1-4H3. The van der Waals surface area contributed by atoms with Gasteiger partial charge in [-0.2, -0.15) is 4.31 Å². The van der Waals surface area contributed by atoms with E-state index in [1.807, 2.05) is 18.2 Å². The topological polar surface area (TPSA) is 62.7 Å². The van der Waals surface area contributed by atoms with Gasteiger partial charge < -0.3 is 4.74 Å². The Labute approximate surface area is 179 Å². The number of fused-ring (bicyclic) bond motifs is 1. The average Bonchev–Trinajstić information content (AvgIpc) is 3.02. The number of ether oxygens (including phenoxy) is 1. The van der Waals surface area contributed by atoms with Crippen LogP contribution in [0.25, 0.3) is 5.57 Å². The summed E-state index contributed by atoms with van der Waals surface area (Å²) in [6.07, 6.45) is 5.58. The van der Waals surface area contributed by atoms with Gasteiger partial charge in [0.15, 0.2) is 0 Å². The summed E-state index contributed by atoms with van der Waals surface area (Å²) in [7, 11) is -3.15. The van der Waals surface area contributed by atoms with Gasteiger partial charge in [0.25, 0.3) is 0 Å². The molecule has 1 aromatic heterocycles. The van der Waals surface area contributed by atoms with Gasteiger partial charge in [-0.15, -0.1) is 0 Å². The quantitative estimate of drug-likeness (QED) is 0.656. The lowest BCUT2D eigenvalue weighted by molar-refractivity contribution is 0.119. The molecule has 1 saturated heterocycles. The largest absolute Gasteiger partial charge is 0.492 e. The third kappa shape index (κ3) is 4.55. The number of nitrogens with zero attached hydrogens (tertiary/aromatic N) is 3. The molecular formula is C22H32FN3O3S. The summed E-state index contributed by atoms with van der Waals surface area (Å²) in [6.45, 7) is 9.51. The maximum absolute atomic E-state index is 13.9. The fraction of sp³-hybridized carbons (Fsp3) is 0.682. The van der Waals surface area contributed by atoms with Crippen LogP contribution >= 0.6 is 0 Å². The fourth-order valence-electron chi connectivity index (χ4n) is 5.14. The summed E-state index contributed by atoms with van der Waals surface area (Å²) in [4.78, 5) is 6.76. The first-order valence-corrected chi connectivity index (χ1v) is 12.5. The number of hydrogen-bond donors (Lipinski definition) is 0. The molecule has 3 aliphatic rings. The maximum Gasteiger partial charge on any atom is 0.211 e. The summed E-state index contributed by atoms with van der Waals surface area (Å²) in [6, 6.07) is 3.88. The molecule has 4 rings (SSSR count). The number of sulfonamides is 1. The lowest BCUT2D eigenvalue weighted by Gasteiger charge is -2.26. The Kier molecular flexibility index (Phi) is 5.48. The molecule has 0 spiro atoms. The number of likely N-dealkylation sites (tertiary alicyclic amines) is 1. The van der Waals surface area contributed by atoms with E-state index in [1.54, 1.807) is 20.0 Å². The highest BCUT2D eigenvalue weighted by Crippen LogP contribution is 2.63. The molecule has 0 N–H and O–H groups in total. The van der Waals surface area contributed by atoms with Crippen LogP contribution in [-0.4, -0.2) is 73.9 Å². The molecule has 1 aliphatic carbocycles. The van der Waals surface area contributed by atoms with Crippen LogP contribution < -0.4 is 4.74 Å². The highest BCUT2D eigenvalue weighted by molar-refractivity contribution is 7.88. The van der Waals surface area contributed by atoms with Crippen LogP contribution in [-0.2, 0) is 10.0 Å². The van der Waals surface area contributed by atoms with Crippen molar-refractivity contribution in [2.45, 2.75) is 32.9 Å². The van der Waals surface area contributed by atoms with Crippen LogP contribution in [0.3, 0.4) is 0 Å². The third-order valence-corrected chi connectivity index (χ3v) is 8.09. The van der Waals surface area contributed by atoms with E-state index >= 15 is 0 Å². The second-order valence-electron chi connectivity index (χ2n) is 9.90. The van der Waals surface area contributed by atoms with Crippen LogP contribution in [0.4, 0.5) is 4.39 Å². The van der Waals surface area contributed by atoms with Crippen LogP contribution in [0.1, 0.15) is 32.9 Å². The van der Waals surface area contributed by atoms with E-state index in [0.29, 0.717) is 44.5 Å². The van der Waals surface area contributed by atoms with E-state index in [1.165, 1.54) is 10.6 Å². The summed E-state index contributed by atoms with van der Waals surface area (Å²) in [5, 5.41) is 0. The Bertz CT molecular complexity index is 926. The summed E-state index contributed by atoms with van der Waals surface area (Å²) in [5.41, 5.74) is 1.03. The second kappa shape index (κ2) is 7.57. The predicted octanol–water partition coefficient (Wildman–Crippen LogP) is 2.83. The van der Waals surface area contributed by atoms with Gasteiger partial charge in [-0.3, -0.25) is 9.88 Å². The zero-order valence-electron chi connectivity index (χ0n) is 18.3. The molecule has 2 fully saturated rings. The number of halogens is 1. The zero-order chi connectivity index (χ0) is 21.7. The fourth-order valence-corrected chi connectivity index (χ4v) is 5.91. The normalized spacial score (nSPS) is 30.1. The van der Waals surface area contributed by atoms with Crippen molar-refractivity contribution in [1.82, 2.24) is 14.2 Å². The summed E-state index contributed by atoms with van der Waals surface area (Å²) >= 11 is 0. The molecule has 0 aromatic carbocycles. The average molecular weight is 438 g/mol. The van der Waals surface area contributed by atoms with Gasteiger partial charge >= 0.3 is 0 Å². The minimum atomic E-state index is -3.15. The first kappa shape index (κ1) is 21.7. The molecule has 0 radical (unpaired) electrons. The SMILES string of the molecule is CC(C)(F)CN1CC2C(COc3ccc(C4=CCN(S(C)(=O)=O)CC4)nc3)C2(C)C1. The van der Waals surface area contributed by atoms with E-state index in [2.05, 4.69) is 16.8 Å². The molecular weight excluding hydrogens is 405 g/mol. The Morgan fingerprint density at radius 1 is 1.37 bits per heavy atom. The molecule has 1 saturated carbocycles. The molecule has 166 valence electrons. The van der Waals surface area contributed by atoms with Gasteiger partial charge in [-0.25, -0.2) is 12.8 Å². The van der Waals surface area contributed by atoms with E-state index in [-0.39, 0.29) is 5.41 Å². The molecule has 2 aliphatic heterocycles. The molecule has 3 atom stereocenters. The van der Waals surface area contributed by atoms with E-state index < -0.39 is 15.7 Å². The first-order valence-electron chi connectivity index (χ1n) is 10.6. The molecule has 8 heteroatoms. The smallest absolute Gasteiger partial charge is 0.211 e. The summed E-state index contributed by atoms with van der Waals surface area (Å²) in [5.74, 6) is 1.85. The highest BCUT2D eigenvalue weighted by atomic mass is 32.2. The van der Waals surface area contributed by atoms with Crippen molar-refractivity contribution in [3.63, 3.8) is 0 Å². The van der Waals surface area contributed by atoms with Crippen molar-refractivity contribution in [1.29, 1.82) is 0 Å². The van der Waals surface area contributed by atoms with Crippen molar-refractivity contribution in [2.24, 2.45) is 17.3 Å². The number of alkyl halides is 1. The number of aromatic nitrogens is 1. The van der Waals surface area contributed by atoms with E-state index in [4.69, 9.17) is 4.74 Å². The Hall–Kier alpha value is -1.51. The molecule has 30 heavy (non-hydrogen) atoms. The van der Waals surface area contributed by atoms with Gasteiger partial charge in [0, 0.05) is 38.6 Å². The first-order chi connectivity index (χ1) is 14.0. The lowest BCUT2D eigenvalue weighted by atomic mass is 10.1. The predicted molar refractivity (Wildman–Crippen MR) is 115 cm³/mol. The van der Waals surface area contributed by atoms with Crippen molar-refractivity contribution in [3.05, 3.63) is 30.1 Å². The van der Waals surface area contributed by atoms with Crippen LogP contribution in [0.15, 0.2) is 24.4 Å². The molecule has 1 aromatic rings. The van der Waals surface area contributed by atoms with Crippen molar-refractivity contribution >= 4 is 15.6 Å². The molecule has 0 bridgehead atoms. The minimum absolute atomic E-state index is 0.233. The van der Waals surface area contributed by atoms with Crippen molar-refractivity contribution in [3.8, 4) is 5.75 Å². The van der Waals surface area contributed by atoms with Crippen LogP contribution in [0.5, 0.6) is 5.75 Å². The molecule has 0 amide bonds. The van der Waals surface area contributed by atoms with Gasteiger partial charge in [0.2, 0.25) is 10.0 Å². The number of pyridine rings is 1. The second-order valence-corrected chi connectivity index (χ2v) is 11.9. The Morgan fingerprint density at radius 2 is 2.13 bits per heavy atom. The minimum Gasteiger partial charge on any atom is -0.492 e. The lowest BCUT2D eigenvalue weighted by Crippen LogP contribution is -2.37. The zero-order valence-corrected chi connectivity index (χ0v) is 19.1.